The van der Waals surface area contributed by atoms with Gasteiger partial charge in [-0.25, -0.2) is 4.79 Å². The molecule has 0 bridgehead atoms. The largest absolute Gasteiger partial charge is 0.480 e. The molecule has 1 aromatic carbocycles. The molecule has 0 spiro atoms. The molecule has 0 heterocycles. The van der Waals surface area contributed by atoms with E-state index in [1.807, 2.05) is 0 Å². The van der Waals surface area contributed by atoms with Crippen molar-refractivity contribution in [2.75, 3.05) is 14.1 Å². The van der Waals surface area contributed by atoms with Crippen LogP contribution in [-0.2, 0) is 11.2 Å². The molecule has 18 heavy (non-hydrogen) atoms. The molecule has 3 N–H and O–H groups in total. The van der Waals surface area contributed by atoms with E-state index in [-0.39, 0.29) is 6.42 Å². The van der Waals surface area contributed by atoms with E-state index < -0.39 is 18.1 Å². The molecule has 0 aromatic heterocycles. The third-order valence-electron chi connectivity index (χ3n) is 2.27. The summed E-state index contributed by atoms with van der Waals surface area (Å²) in [5.41, 5.74) is 6.19. The van der Waals surface area contributed by atoms with E-state index in [9.17, 15) is 9.59 Å². The van der Waals surface area contributed by atoms with Gasteiger partial charge in [-0.2, -0.15) is 0 Å². The van der Waals surface area contributed by atoms with Gasteiger partial charge in [-0.3, -0.25) is 4.79 Å². The number of carboxylic acids is 1. The lowest BCUT2D eigenvalue weighted by molar-refractivity contribution is -0.138. The molecule has 0 unspecified atom stereocenters. The van der Waals surface area contributed by atoms with Crippen molar-refractivity contribution in [3.05, 3.63) is 29.8 Å². The van der Waals surface area contributed by atoms with Gasteiger partial charge in [-0.1, -0.05) is 12.1 Å². The monoisotopic (exact) mass is 252 g/mol. The molecule has 6 nitrogen and oxygen atoms in total. The highest BCUT2D eigenvalue weighted by Gasteiger charge is 2.12. The van der Waals surface area contributed by atoms with Crippen molar-refractivity contribution in [2.45, 2.75) is 12.5 Å². The number of benzene rings is 1. The van der Waals surface area contributed by atoms with Crippen LogP contribution in [0.15, 0.2) is 24.3 Å². The lowest BCUT2D eigenvalue weighted by atomic mass is 10.1. The minimum Gasteiger partial charge on any atom is -0.480 e. The summed E-state index contributed by atoms with van der Waals surface area (Å²) in [7, 11) is 3.17. The number of aliphatic carboxylic acids is 1. The first-order chi connectivity index (χ1) is 8.40. The van der Waals surface area contributed by atoms with Gasteiger partial charge in [-0.15, -0.1) is 0 Å². The summed E-state index contributed by atoms with van der Waals surface area (Å²) in [5, 5.41) is 8.68. The van der Waals surface area contributed by atoms with Crippen molar-refractivity contribution in [3.8, 4) is 5.75 Å². The molecule has 0 saturated carbocycles. The van der Waals surface area contributed by atoms with Gasteiger partial charge < -0.3 is 20.5 Å². The first-order valence-corrected chi connectivity index (χ1v) is 5.36. The molecule has 1 atom stereocenters. The van der Waals surface area contributed by atoms with Crippen molar-refractivity contribution < 1.29 is 19.4 Å². The van der Waals surface area contributed by atoms with E-state index >= 15 is 0 Å². The molecule has 6 heteroatoms. The first kappa shape index (κ1) is 14.0. The summed E-state index contributed by atoms with van der Waals surface area (Å²) in [5.74, 6) is -0.639. The molecular formula is C12H16N2O4. The van der Waals surface area contributed by atoms with E-state index in [0.717, 1.165) is 5.56 Å². The SMILES string of the molecule is CN(C)C(=O)Oc1ccc(C[C@H](N)C(=O)O)cc1. The zero-order chi connectivity index (χ0) is 13.7. The fourth-order valence-electron chi connectivity index (χ4n) is 1.23. The molecule has 1 aromatic rings. The van der Waals surface area contributed by atoms with Gasteiger partial charge in [0, 0.05) is 14.1 Å². The number of nitrogens with two attached hydrogens (primary N) is 1. The number of rotatable bonds is 4. The van der Waals surface area contributed by atoms with Crippen molar-refractivity contribution >= 4 is 12.1 Å². The van der Waals surface area contributed by atoms with E-state index in [0.29, 0.717) is 5.75 Å². The van der Waals surface area contributed by atoms with Crippen LogP contribution in [0.5, 0.6) is 5.75 Å². The summed E-state index contributed by atoms with van der Waals surface area (Å²) in [4.78, 5) is 23.2. The topological polar surface area (TPSA) is 92.9 Å². The number of ether oxygens (including phenoxy) is 1. The number of hydrogen-bond donors (Lipinski definition) is 2. The van der Waals surface area contributed by atoms with Gasteiger partial charge in [0.2, 0.25) is 0 Å². The van der Waals surface area contributed by atoms with Gasteiger partial charge in [0.25, 0.3) is 0 Å². The normalized spacial score (nSPS) is 11.7. The zero-order valence-corrected chi connectivity index (χ0v) is 10.3. The van der Waals surface area contributed by atoms with Crippen LogP contribution in [0.3, 0.4) is 0 Å². The molecule has 0 aliphatic heterocycles. The molecule has 0 saturated heterocycles. The van der Waals surface area contributed by atoms with Crippen LogP contribution in [0.1, 0.15) is 5.56 Å². The third kappa shape index (κ3) is 4.06. The minimum atomic E-state index is -1.04. The lowest BCUT2D eigenvalue weighted by Crippen LogP contribution is -2.32. The Morgan fingerprint density at radius 1 is 1.33 bits per heavy atom. The summed E-state index contributed by atoms with van der Waals surface area (Å²) in [6, 6.07) is 5.64. The number of carbonyl (C=O) groups is 2. The average Bonchev–Trinajstić information content (AvgIpc) is 2.31. The van der Waals surface area contributed by atoms with Crippen LogP contribution < -0.4 is 10.5 Å². The second-order valence-electron chi connectivity index (χ2n) is 4.06. The van der Waals surface area contributed by atoms with Crippen molar-refractivity contribution in [3.63, 3.8) is 0 Å². The summed E-state index contributed by atoms with van der Waals surface area (Å²) >= 11 is 0. The molecule has 0 fully saturated rings. The van der Waals surface area contributed by atoms with Gasteiger partial charge in [0.05, 0.1) is 0 Å². The molecule has 98 valence electrons. The Morgan fingerprint density at radius 3 is 2.33 bits per heavy atom. The highest BCUT2D eigenvalue weighted by atomic mass is 16.6. The quantitative estimate of drug-likeness (QED) is 0.822. The number of nitrogens with zero attached hydrogens (tertiary/aromatic N) is 1. The van der Waals surface area contributed by atoms with E-state index in [4.69, 9.17) is 15.6 Å². The standard InChI is InChI=1S/C12H16N2O4/c1-14(2)12(17)18-9-5-3-8(4-6-9)7-10(13)11(15)16/h3-6,10H,7,13H2,1-2H3,(H,15,16)/t10-/m0/s1. The van der Waals surface area contributed by atoms with Crippen molar-refractivity contribution in [2.24, 2.45) is 5.73 Å². The number of amides is 1. The number of hydrogen-bond acceptors (Lipinski definition) is 4. The van der Waals surface area contributed by atoms with E-state index in [1.54, 1.807) is 38.4 Å². The minimum absolute atomic E-state index is 0.233. The zero-order valence-electron chi connectivity index (χ0n) is 10.3. The summed E-state index contributed by atoms with van der Waals surface area (Å²) < 4.78 is 5.02. The first-order valence-electron chi connectivity index (χ1n) is 5.36. The molecular weight excluding hydrogens is 236 g/mol. The molecule has 0 aliphatic rings. The summed E-state index contributed by atoms with van der Waals surface area (Å²) in [6.45, 7) is 0. The Labute approximate surface area is 105 Å². The van der Waals surface area contributed by atoms with Gasteiger partial charge >= 0.3 is 12.1 Å². The highest BCUT2D eigenvalue weighted by Crippen LogP contribution is 2.14. The third-order valence-corrected chi connectivity index (χ3v) is 2.27. The number of carboxylic acid groups (broad SMARTS) is 1. The van der Waals surface area contributed by atoms with E-state index in [2.05, 4.69) is 0 Å². The molecule has 0 aliphatic carbocycles. The molecule has 0 radical (unpaired) electrons. The van der Waals surface area contributed by atoms with Crippen LogP contribution in [0, 0.1) is 0 Å². The summed E-state index contributed by atoms with van der Waals surface area (Å²) in [6.07, 6.45) is -0.234. The van der Waals surface area contributed by atoms with Crippen molar-refractivity contribution in [1.29, 1.82) is 0 Å². The van der Waals surface area contributed by atoms with Crippen LogP contribution >= 0.6 is 0 Å². The Morgan fingerprint density at radius 2 is 1.89 bits per heavy atom. The highest BCUT2D eigenvalue weighted by molar-refractivity contribution is 5.73. The Hall–Kier alpha value is -2.08. The van der Waals surface area contributed by atoms with Crippen LogP contribution in [0.25, 0.3) is 0 Å². The van der Waals surface area contributed by atoms with Crippen LogP contribution in [0.4, 0.5) is 4.79 Å². The van der Waals surface area contributed by atoms with Gasteiger partial charge in [0.1, 0.15) is 11.8 Å². The molecule has 1 amide bonds. The second kappa shape index (κ2) is 6.02. The second-order valence-corrected chi connectivity index (χ2v) is 4.06. The van der Waals surface area contributed by atoms with Gasteiger partial charge in [0.15, 0.2) is 0 Å². The Kier molecular flexibility index (Phi) is 4.67. The smallest absolute Gasteiger partial charge is 0.414 e. The fourth-order valence-corrected chi connectivity index (χ4v) is 1.23. The number of carbonyl (C=O) groups excluding carboxylic acids is 1. The Balaban J connectivity index is 2.63. The predicted octanol–water partition coefficient (Wildman–Crippen LogP) is 0.701. The van der Waals surface area contributed by atoms with E-state index in [1.165, 1.54) is 4.90 Å². The lowest BCUT2D eigenvalue weighted by Gasteiger charge is -2.11. The predicted molar refractivity (Wildman–Crippen MR) is 65.5 cm³/mol. The molecule has 1 rings (SSSR count). The van der Waals surface area contributed by atoms with Gasteiger partial charge in [-0.05, 0) is 24.1 Å². The Bertz CT molecular complexity index is 428. The van der Waals surface area contributed by atoms with Crippen molar-refractivity contribution in [1.82, 2.24) is 4.90 Å². The maximum atomic E-state index is 11.3. The maximum absolute atomic E-state index is 11.3. The maximum Gasteiger partial charge on any atom is 0.414 e. The van der Waals surface area contributed by atoms with Crippen LogP contribution in [-0.4, -0.2) is 42.2 Å². The average molecular weight is 252 g/mol. The van der Waals surface area contributed by atoms with Crippen LogP contribution in [0.2, 0.25) is 0 Å². The fraction of sp³-hybridized carbons (Fsp3) is 0.333.